The van der Waals surface area contributed by atoms with Crippen LogP contribution < -0.4 is 9.47 Å². The molecule has 1 fully saturated rings. The summed E-state index contributed by atoms with van der Waals surface area (Å²) in [5.74, 6) is 0.199. The topological polar surface area (TPSA) is 111 Å². The summed E-state index contributed by atoms with van der Waals surface area (Å²) in [6, 6.07) is 12.7. The number of aliphatic carboxylic acids is 1. The molecule has 1 aromatic heterocycles. The molecule has 2 aromatic carbocycles. The summed E-state index contributed by atoms with van der Waals surface area (Å²) in [7, 11) is 0. The Bertz CT molecular complexity index is 1430. The quantitative estimate of drug-likeness (QED) is 0.236. The molecule has 2 aliphatic carbocycles. The Morgan fingerprint density at radius 2 is 1.76 bits per heavy atom. The molecule has 0 radical (unpaired) electrons. The van der Waals surface area contributed by atoms with Gasteiger partial charge in [0.05, 0.1) is 30.0 Å². The molecule has 1 spiro atoms. The molecular weight excluding hydrogens is 532 g/mol. The van der Waals surface area contributed by atoms with Crippen LogP contribution in [-0.2, 0) is 22.6 Å². The molecule has 2 aliphatic rings. The Morgan fingerprint density at radius 3 is 2.43 bits per heavy atom. The first kappa shape index (κ1) is 30.0. The van der Waals surface area contributed by atoms with Crippen LogP contribution in [0, 0.1) is 26.2 Å². The number of benzene rings is 2. The van der Waals surface area contributed by atoms with Gasteiger partial charge in [0, 0.05) is 18.1 Å². The largest absolute Gasteiger partial charge is 0.489 e. The van der Waals surface area contributed by atoms with Gasteiger partial charge in [-0.1, -0.05) is 24.3 Å². The van der Waals surface area contributed by atoms with E-state index in [-0.39, 0.29) is 17.8 Å². The maximum Gasteiger partial charge on any atom is 0.316 e. The second kappa shape index (κ2) is 12.0. The number of aliphatic hydroxyl groups is 1. The molecule has 0 aliphatic heterocycles. The van der Waals surface area contributed by atoms with Crippen molar-refractivity contribution in [2.75, 3.05) is 19.8 Å². The summed E-state index contributed by atoms with van der Waals surface area (Å²) in [6.45, 7) is 11.2. The number of carboxylic acids is 1. The fourth-order valence-corrected chi connectivity index (χ4v) is 6.21. The van der Waals surface area contributed by atoms with Gasteiger partial charge >= 0.3 is 12.0 Å². The molecule has 5 rings (SSSR count). The van der Waals surface area contributed by atoms with Gasteiger partial charge in [0.2, 0.25) is 0 Å². The fourth-order valence-electron chi connectivity index (χ4n) is 6.21. The van der Waals surface area contributed by atoms with Crippen molar-refractivity contribution in [2.24, 2.45) is 5.41 Å². The minimum atomic E-state index is -0.745. The Morgan fingerprint density at radius 1 is 1.02 bits per heavy atom. The Kier molecular flexibility index (Phi) is 8.58. The molecule has 1 atom stereocenters. The van der Waals surface area contributed by atoms with Gasteiger partial charge in [-0.25, -0.2) is 0 Å². The molecule has 224 valence electrons. The van der Waals surface area contributed by atoms with E-state index in [2.05, 4.69) is 41.2 Å². The highest BCUT2D eigenvalue weighted by molar-refractivity contribution is 5.72. The number of ether oxygens (including phenoxy) is 3. The number of aromatic nitrogens is 2. The minimum Gasteiger partial charge on any atom is -0.489 e. The average Bonchev–Trinajstić information content (AvgIpc) is 3.62. The highest BCUT2D eigenvalue weighted by Gasteiger charge is 2.54. The Balaban J connectivity index is 1.23. The van der Waals surface area contributed by atoms with E-state index in [0.717, 1.165) is 58.7 Å². The van der Waals surface area contributed by atoms with Crippen molar-refractivity contribution < 1.29 is 29.2 Å². The number of carboxylic acid groups (broad SMARTS) is 1. The van der Waals surface area contributed by atoms with Crippen LogP contribution in [-0.4, -0.2) is 51.6 Å². The van der Waals surface area contributed by atoms with Crippen LogP contribution in [0.5, 0.6) is 11.8 Å². The lowest BCUT2D eigenvalue weighted by Gasteiger charge is -2.17. The van der Waals surface area contributed by atoms with Crippen molar-refractivity contribution in [1.29, 1.82) is 0 Å². The van der Waals surface area contributed by atoms with Crippen LogP contribution >= 0.6 is 0 Å². The van der Waals surface area contributed by atoms with Crippen molar-refractivity contribution in [2.45, 2.75) is 84.8 Å². The van der Waals surface area contributed by atoms with Crippen molar-refractivity contribution in [3.05, 3.63) is 70.0 Å². The molecule has 42 heavy (non-hydrogen) atoms. The van der Waals surface area contributed by atoms with Gasteiger partial charge in [0.1, 0.15) is 19.0 Å². The maximum absolute atomic E-state index is 11.5. The summed E-state index contributed by atoms with van der Waals surface area (Å²) in [5.41, 5.74) is 7.73. The normalized spacial score (nSPS) is 16.9. The van der Waals surface area contributed by atoms with Gasteiger partial charge < -0.3 is 24.4 Å². The van der Waals surface area contributed by atoms with Gasteiger partial charge in [0.15, 0.2) is 0 Å². The number of nitrogens with zero attached hydrogens (tertiary/aromatic N) is 2. The Hall–Kier alpha value is -3.49. The number of carbonyl (C=O) groups is 1. The number of fused-ring (bicyclic) bond motifs is 1. The molecule has 0 bridgehead atoms. The number of rotatable bonds is 13. The standard InChI is InChI=1S/C34H42N2O6/c1-21-24(20-42-26-9-10-28-25(17-26)19-34(11-12-34)29(28)18-30(37)38)7-6-8-27(21)31-22(2)35-32(36-23(31)3)41-16-15-40-14-13-33(4,5)39/h6-10,17,29,39H,11-16,18-20H2,1-5H3,(H,37,38). The Labute approximate surface area is 248 Å². The molecular formula is C34H42N2O6. The molecule has 1 unspecified atom stereocenters. The predicted molar refractivity (Wildman–Crippen MR) is 160 cm³/mol. The molecule has 3 aromatic rings. The summed E-state index contributed by atoms with van der Waals surface area (Å²) in [4.78, 5) is 20.7. The summed E-state index contributed by atoms with van der Waals surface area (Å²) < 4.78 is 17.6. The molecule has 0 saturated heterocycles. The molecule has 1 saturated carbocycles. The highest BCUT2D eigenvalue weighted by atomic mass is 16.5. The molecule has 1 heterocycles. The number of aryl methyl sites for hydroxylation is 2. The minimum absolute atomic E-state index is 0.112. The monoisotopic (exact) mass is 574 g/mol. The van der Waals surface area contributed by atoms with Crippen LogP contribution in [0.1, 0.15) is 79.1 Å². The zero-order chi connectivity index (χ0) is 30.1. The molecule has 8 heteroatoms. The van der Waals surface area contributed by atoms with Gasteiger partial charge in [0.25, 0.3) is 0 Å². The lowest BCUT2D eigenvalue weighted by molar-refractivity contribution is -0.137. The molecule has 8 nitrogen and oxygen atoms in total. The van der Waals surface area contributed by atoms with Gasteiger partial charge in [-0.3, -0.25) is 4.79 Å². The zero-order valence-electron chi connectivity index (χ0n) is 25.3. The van der Waals surface area contributed by atoms with E-state index in [4.69, 9.17) is 14.2 Å². The maximum atomic E-state index is 11.5. The van der Waals surface area contributed by atoms with E-state index in [1.54, 1.807) is 13.8 Å². The first-order valence-electron chi connectivity index (χ1n) is 14.8. The molecule has 2 N–H and O–H groups in total. The first-order chi connectivity index (χ1) is 20.0. The second-order valence-corrected chi connectivity index (χ2v) is 12.5. The molecule has 0 amide bonds. The van der Waals surface area contributed by atoms with Crippen molar-refractivity contribution >= 4 is 5.97 Å². The third kappa shape index (κ3) is 6.76. The number of hydrogen-bond donors (Lipinski definition) is 2. The lowest BCUT2D eigenvalue weighted by atomic mass is 9.87. The SMILES string of the molecule is Cc1nc(OCCOCCC(C)(C)O)nc(C)c1-c1cccc(COc2ccc3c(c2)CC2(CC2)C3CC(=O)O)c1C. The average molecular weight is 575 g/mol. The number of hydrogen-bond acceptors (Lipinski definition) is 7. The third-order valence-electron chi connectivity index (χ3n) is 8.72. The van der Waals surface area contributed by atoms with E-state index in [1.807, 2.05) is 26.0 Å². The van der Waals surface area contributed by atoms with E-state index in [9.17, 15) is 15.0 Å². The second-order valence-electron chi connectivity index (χ2n) is 12.5. The highest BCUT2D eigenvalue weighted by Crippen LogP contribution is 2.64. The van der Waals surface area contributed by atoms with Crippen molar-refractivity contribution in [3.8, 4) is 22.9 Å². The van der Waals surface area contributed by atoms with Crippen molar-refractivity contribution in [3.63, 3.8) is 0 Å². The van der Waals surface area contributed by atoms with Crippen LogP contribution in [0.25, 0.3) is 11.1 Å². The van der Waals surface area contributed by atoms with E-state index >= 15 is 0 Å². The van der Waals surface area contributed by atoms with Gasteiger partial charge in [-0.15, -0.1) is 0 Å². The van der Waals surface area contributed by atoms with E-state index in [1.165, 1.54) is 11.1 Å². The van der Waals surface area contributed by atoms with Gasteiger partial charge in [-0.05, 0) is 106 Å². The summed E-state index contributed by atoms with van der Waals surface area (Å²) >= 11 is 0. The smallest absolute Gasteiger partial charge is 0.316 e. The first-order valence-corrected chi connectivity index (χ1v) is 14.8. The van der Waals surface area contributed by atoms with E-state index in [0.29, 0.717) is 38.9 Å². The summed E-state index contributed by atoms with van der Waals surface area (Å²) in [5, 5.41) is 19.2. The van der Waals surface area contributed by atoms with E-state index < -0.39 is 11.6 Å². The van der Waals surface area contributed by atoms with Crippen LogP contribution in [0.15, 0.2) is 36.4 Å². The van der Waals surface area contributed by atoms with Crippen LogP contribution in [0.4, 0.5) is 0 Å². The third-order valence-corrected chi connectivity index (χ3v) is 8.72. The van der Waals surface area contributed by atoms with Crippen molar-refractivity contribution in [1.82, 2.24) is 9.97 Å². The van der Waals surface area contributed by atoms with Crippen LogP contribution in [0.2, 0.25) is 0 Å². The predicted octanol–water partition coefficient (Wildman–Crippen LogP) is 6.10. The summed E-state index contributed by atoms with van der Waals surface area (Å²) in [6.07, 6.45) is 3.92. The van der Waals surface area contributed by atoms with Gasteiger partial charge in [-0.2, -0.15) is 9.97 Å². The van der Waals surface area contributed by atoms with Crippen LogP contribution in [0.3, 0.4) is 0 Å². The zero-order valence-corrected chi connectivity index (χ0v) is 25.3. The lowest BCUT2D eigenvalue weighted by Crippen LogP contribution is -2.21. The fraction of sp³-hybridized carbons (Fsp3) is 0.500.